The summed E-state index contributed by atoms with van der Waals surface area (Å²) in [5, 5.41) is 13.4. The van der Waals surface area contributed by atoms with Gasteiger partial charge in [-0.2, -0.15) is 0 Å². The zero-order valence-electron chi connectivity index (χ0n) is 14.3. The Morgan fingerprint density at radius 1 is 1.26 bits per heavy atom. The molecule has 0 spiro atoms. The van der Waals surface area contributed by atoms with Gasteiger partial charge in [0.15, 0.2) is 0 Å². The predicted octanol–water partition coefficient (Wildman–Crippen LogP) is 3.39. The van der Waals surface area contributed by atoms with E-state index in [1.54, 1.807) is 7.11 Å². The molecular formula is C19H29NO3. The first-order valence-corrected chi connectivity index (χ1v) is 8.65. The highest BCUT2D eigenvalue weighted by Crippen LogP contribution is 2.30. The van der Waals surface area contributed by atoms with Crippen LogP contribution in [0.1, 0.15) is 63.4 Å². The zero-order chi connectivity index (χ0) is 16.7. The highest BCUT2D eigenvalue weighted by atomic mass is 16.5. The molecule has 1 aromatic rings. The second-order valence-electron chi connectivity index (χ2n) is 6.77. The fourth-order valence-corrected chi connectivity index (χ4v) is 3.28. The second-order valence-corrected chi connectivity index (χ2v) is 6.77. The summed E-state index contributed by atoms with van der Waals surface area (Å²) >= 11 is 0. The Kier molecular flexibility index (Phi) is 6.46. The summed E-state index contributed by atoms with van der Waals surface area (Å²) in [6.07, 6.45) is 5.85. The van der Waals surface area contributed by atoms with E-state index in [4.69, 9.17) is 4.74 Å². The molecule has 1 aliphatic carbocycles. The summed E-state index contributed by atoms with van der Waals surface area (Å²) in [7, 11) is 1.66. The van der Waals surface area contributed by atoms with E-state index in [-0.39, 0.29) is 12.3 Å². The van der Waals surface area contributed by atoms with E-state index in [1.165, 1.54) is 12.0 Å². The van der Waals surface area contributed by atoms with Gasteiger partial charge in [0.2, 0.25) is 5.91 Å². The number of carbonyl (C=O) groups excluding carboxylic acids is 1. The Morgan fingerprint density at radius 2 is 1.91 bits per heavy atom. The minimum Gasteiger partial charge on any atom is -0.497 e. The topological polar surface area (TPSA) is 58.6 Å². The van der Waals surface area contributed by atoms with Gasteiger partial charge in [0.1, 0.15) is 5.75 Å². The minimum atomic E-state index is -0.774. The van der Waals surface area contributed by atoms with Crippen LogP contribution < -0.4 is 10.1 Å². The van der Waals surface area contributed by atoms with Crippen molar-refractivity contribution in [3.8, 4) is 5.75 Å². The summed E-state index contributed by atoms with van der Waals surface area (Å²) < 4.78 is 5.16. The van der Waals surface area contributed by atoms with E-state index in [9.17, 15) is 9.90 Å². The molecule has 4 nitrogen and oxygen atoms in total. The van der Waals surface area contributed by atoms with Gasteiger partial charge < -0.3 is 15.2 Å². The molecule has 2 N–H and O–H groups in total. The molecule has 0 bridgehead atoms. The fraction of sp³-hybridized carbons (Fsp3) is 0.632. The summed E-state index contributed by atoms with van der Waals surface area (Å²) in [6.45, 7) is 2.80. The van der Waals surface area contributed by atoms with Gasteiger partial charge in [-0.1, -0.05) is 38.3 Å². The molecule has 1 atom stereocenters. The fourth-order valence-electron chi connectivity index (χ4n) is 3.28. The average molecular weight is 319 g/mol. The van der Waals surface area contributed by atoms with E-state index in [0.29, 0.717) is 12.5 Å². The van der Waals surface area contributed by atoms with Crippen molar-refractivity contribution in [2.45, 2.75) is 63.4 Å². The molecule has 0 aromatic heterocycles. The molecule has 1 saturated carbocycles. The van der Waals surface area contributed by atoms with Crippen LogP contribution in [0.3, 0.4) is 0 Å². The van der Waals surface area contributed by atoms with Crippen LogP contribution in [0.15, 0.2) is 24.3 Å². The molecule has 0 saturated heterocycles. The van der Waals surface area contributed by atoms with Crippen molar-refractivity contribution in [1.29, 1.82) is 0 Å². The van der Waals surface area contributed by atoms with Crippen molar-refractivity contribution in [2.24, 2.45) is 0 Å². The van der Waals surface area contributed by atoms with E-state index in [0.717, 1.165) is 37.9 Å². The predicted molar refractivity (Wildman–Crippen MR) is 91.7 cm³/mol. The van der Waals surface area contributed by atoms with Gasteiger partial charge in [-0.25, -0.2) is 0 Å². The normalized spacial score (nSPS) is 18.2. The van der Waals surface area contributed by atoms with Crippen LogP contribution in [-0.2, 0) is 4.79 Å². The highest BCUT2D eigenvalue weighted by Gasteiger charge is 2.31. The van der Waals surface area contributed by atoms with Gasteiger partial charge in [0, 0.05) is 6.54 Å². The molecule has 1 amide bonds. The minimum absolute atomic E-state index is 0.0312. The molecule has 128 valence electrons. The van der Waals surface area contributed by atoms with Crippen molar-refractivity contribution in [3.63, 3.8) is 0 Å². The van der Waals surface area contributed by atoms with E-state index in [2.05, 4.69) is 24.4 Å². The smallest absolute Gasteiger partial charge is 0.222 e. The lowest BCUT2D eigenvalue weighted by Gasteiger charge is -2.31. The standard InChI is InChI=1S/C19H29NO3/c1-15(16-6-8-17(23-2)9-7-16)10-13-20-18(21)14-19(22)11-4-3-5-12-19/h6-9,15,22H,3-5,10-14H2,1-2H3,(H,20,21). The second kappa shape index (κ2) is 8.34. The van der Waals surface area contributed by atoms with Gasteiger partial charge in [0.05, 0.1) is 19.1 Å². The third-order valence-electron chi connectivity index (χ3n) is 4.86. The summed E-state index contributed by atoms with van der Waals surface area (Å²) in [4.78, 5) is 12.0. The number of hydrogen-bond donors (Lipinski definition) is 2. The Balaban J connectivity index is 1.71. The van der Waals surface area contributed by atoms with E-state index >= 15 is 0 Å². The number of benzene rings is 1. The monoisotopic (exact) mass is 319 g/mol. The molecular weight excluding hydrogens is 290 g/mol. The molecule has 1 unspecified atom stereocenters. The van der Waals surface area contributed by atoms with Gasteiger partial charge >= 0.3 is 0 Å². The molecule has 1 fully saturated rings. The molecule has 23 heavy (non-hydrogen) atoms. The molecule has 1 aliphatic rings. The number of rotatable bonds is 7. The Labute approximate surface area is 139 Å². The third kappa shape index (κ3) is 5.54. The largest absolute Gasteiger partial charge is 0.497 e. The van der Waals surface area contributed by atoms with Crippen LogP contribution in [-0.4, -0.2) is 30.3 Å². The lowest BCUT2D eigenvalue weighted by Crippen LogP contribution is -2.38. The summed E-state index contributed by atoms with van der Waals surface area (Å²) in [5.41, 5.74) is 0.468. The number of methoxy groups -OCH3 is 1. The van der Waals surface area contributed by atoms with Crippen molar-refractivity contribution in [1.82, 2.24) is 5.32 Å². The van der Waals surface area contributed by atoms with Gasteiger partial charge in [-0.3, -0.25) is 4.79 Å². The molecule has 0 radical (unpaired) electrons. The Bertz CT molecular complexity index is 492. The van der Waals surface area contributed by atoms with Crippen LogP contribution in [0.25, 0.3) is 0 Å². The number of nitrogens with one attached hydrogen (secondary N) is 1. The van der Waals surface area contributed by atoms with E-state index in [1.807, 2.05) is 12.1 Å². The van der Waals surface area contributed by atoms with Crippen molar-refractivity contribution < 1.29 is 14.6 Å². The molecule has 0 heterocycles. The van der Waals surface area contributed by atoms with Crippen LogP contribution in [0, 0.1) is 0 Å². The number of ether oxygens (including phenoxy) is 1. The maximum atomic E-state index is 12.0. The maximum Gasteiger partial charge on any atom is 0.222 e. The van der Waals surface area contributed by atoms with Crippen LogP contribution in [0.5, 0.6) is 5.75 Å². The molecule has 4 heteroatoms. The Morgan fingerprint density at radius 3 is 2.52 bits per heavy atom. The van der Waals surface area contributed by atoms with E-state index < -0.39 is 5.60 Å². The molecule has 2 rings (SSSR count). The van der Waals surface area contributed by atoms with Crippen molar-refractivity contribution in [2.75, 3.05) is 13.7 Å². The van der Waals surface area contributed by atoms with Gasteiger partial charge in [-0.15, -0.1) is 0 Å². The van der Waals surface area contributed by atoms with Crippen LogP contribution in [0.4, 0.5) is 0 Å². The number of hydrogen-bond acceptors (Lipinski definition) is 3. The van der Waals surface area contributed by atoms with Crippen LogP contribution >= 0.6 is 0 Å². The molecule has 1 aromatic carbocycles. The van der Waals surface area contributed by atoms with Crippen LogP contribution in [0.2, 0.25) is 0 Å². The van der Waals surface area contributed by atoms with Crippen molar-refractivity contribution in [3.05, 3.63) is 29.8 Å². The Hall–Kier alpha value is -1.55. The van der Waals surface area contributed by atoms with Gasteiger partial charge in [-0.05, 0) is 42.9 Å². The maximum absolute atomic E-state index is 12.0. The average Bonchev–Trinajstić information content (AvgIpc) is 2.55. The van der Waals surface area contributed by atoms with Crippen molar-refractivity contribution >= 4 is 5.91 Å². The SMILES string of the molecule is COc1ccc(C(C)CCNC(=O)CC2(O)CCCCC2)cc1. The lowest BCUT2D eigenvalue weighted by molar-refractivity contribution is -0.127. The summed E-state index contributed by atoms with van der Waals surface area (Å²) in [5.74, 6) is 1.20. The third-order valence-corrected chi connectivity index (χ3v) is 4.86. The zero-order valence-corrected chi connectivity index (χ0v) is 14.3. The molecule has 0 aliphatic heterocycles. The summed E-state index contributed by atoms with van der Waals surface area (Å²) in [6, 6.07) is 8.05. The quantitative estimate of drug-likeness (QED) is 0.810. The first-order chi connectivity index (χ1) is 11.0. The lowest BCUT2D eigenvalue weighted by atomic mass is 9.82. The van der Waals surface area contributed by atoms with Gasteiger partial charge in [0.25, 0.3) is 0 Å². The first kappa shape index (κ1) is 17.8. The number of amides is 1. The first-order valence-electron chi connectivity index (χ1n) is 8.65. The highest BCUT2D eigenvalue weighted by molar-refractivity contribution is 5.77. The number of aliphatic hydroxyl groups is 1. The number of carbonyl (C=O) groups is 1.